The first-order chi connectivity index (χ1) is 17.0. The molecule has 36 heavy (non-hydrogen) atoms. The van der Waals surface area contributed by atoms with E-state index in [9.17, 15) is 13.2 Å². The lowest BCUT2D eigenvalue weighted by molar-refractivity contribution is 0.0160. The summed E-state index contributed by atoms with van der Waals surface area (Å²) in [7, 11) is -3.92. The minimum Gasteiger partial charge on any atom is -0.444 e. The Balaban J connectivity index is 1.67. The lowest BCUT2D eigenvalue weighted by atomic mass is 9.86. The fourth-order valence-electron chi connectivity index (χ4n) is 4.86. The van der Waals surface area contributed by atoms with Crippen LogP contribution in [0.3, 0.4) is 0 Å². The predicted octanol–water partition coefficient (Wildman–Crippen LogP) is 4.71. The van der Waals surface area contributed by atoms with Crippen molar-refractivity contribution in [2.75, 3.05) is 13.1 Å². The van der Waals surface area contributed by atoms with E-state index in [1.54, 1.807) is 42.4 Å². The molecule has 1 aliphatic rings. The largest absolute Gasteiger partial charge is 0.444 e. The van der Waals surface area contributed by atoms with E-state index in [0.29, 0.717) is 35.6 Å². The Kier molecular flexibility index (Phi) is 5.82. The fraction of sp³-hybridized carbons (Fsp3) is 0.423. The molecular weight excluding hydrogens is 478 g/mol. The molecule has 0 saturated carbocycles. The zero-order valence-corrected chi connectivity index (χ0v) is 22.0. The molecule has 1 fully saturated rings. The van der Waals surface area contributed by atoms with Gasteiger partial charge in [0, 0.05) is 25.2 Å². The van der Waals surface area contributed by atoms with E-state index in [1.165, 1.54) is 0 Å². The summed E-state index contributed by atoms with van der Waals surface area (Å²) in [5, 5.41) is -0.0241. The van der Waals surface area contributed by atoms with Crippen molar-refractivity contribution in [2.45, 2.75) is 62.5 Å². The summed E-state index contributed by atoms with van der Waals surface area (Å²) in [6, 6.07) is 8.76. The van der Waals surface area contributed by atoms with Gasteiger partial charge in [-0.25, -0.2) is 23.2 Å². The molecule has 0 spiro atoms. The van der Waals surface area contributed by atoms with Crippen molar-refractivity contribution in [3.63, 3.8) is 0 Å². The second kappa shape index (κ2) is 8.62. The summed E-state index contributed by atoms with van der Waals surface area (Å²) in [5.74, 6) is 0.579. The number of aromatic nitrogens is 4. The first-order valence-corrected chi connectivity index (χ1v) is 13.6. The number of piperidine rings is 1. The van der Waals surface area contributed by atoms with E-state index in [1.807, 2.05) is 37.3 Å². The maximum atomic E-state index is 13.9. The van der Waals surface area contributed by atoms with Crippen LogP contribution in [0.1, 0.15) is 51.4 Å². The smallest absolute Gasteiger partial charge is 0.410 e. The standard InChI is InChI=1S/C26H31N5O4S/c1-16-11-13-30(25(32)35-26(3,4)5)15-18(16)23-29-24(36(33,34)21-9-7-6-8-17(21)2)20-14-28-22-19(31(20)23)10-12-27-22/h6-10,12,14,16,18,27H,11,13,15H2,1-5H3/t16-,18+/m1/s1. The van der Waals surface area contributed by atoms with Crippen molar-refractivity contribution in [3.05, 3.63) is 54.1 Å². The van der Waals surface area contributed by atoms with Crippen LogP contribution in [0.15, 0.2) is 52.6 Å². The highest BCUT2D eigenvalue weighted by molar-refractivity contribution is 7.91. The number of sulfone groups is 1. The molecule has 9 nitrogen and oxygen atoms in total. The number of carbonyl (C=O) groups is 1. The van der Waals surface area contributed by atoms with Crippen molar-refractivity contribution in [2.24, 2.45) is 5.92 Å². The average Bonchev–Trinajstić information content (AvgIpc) is 3.43. The van der Waals surface area contributed by atoms with E-state index in [2.05, 4.69) is 16.9 Å². The molecule has 2 atom stereocenters. The van der Waals surface area contributed by atoms with Crippen LogP contribution in [-0.4, -0.2) is 57.5 Å². The first-order valence-electron chi connectivity index (χ1n) is 12.1. The highest BCUT2D eigenvalue weighted by Crippen LogP contribution is 2.37. The number of fused-ring (bicyclic) bond motifs is 3. The van der Waals surface area contributed by atoms with Gasteiger partial charge in [0.1, 0.15) is 16.9 Å². The number of nitrogens with zero attached hydrogens (tertiary/aromatic N) is 4. The predicted molar refractivity (Wildman–Crippen MR) is 136 cm³/mol. The van der Waals surface area contributed by atoms with Gasteiger partial charge in [-0.1, -0.05) is 25.1 Å². The van der Waals surface area contributed by atoms with Gasteiger partial charge >= 0.3 is 6.09 Å². The Bertz CT molecular complexity index is 1560. The summed E-state index contributed by atoms with van der Waals surface area (Å²) in [6.45, 7) is 10.4. The van der Waals surface area contributed by atoms with E-state index >= 15 is 0 Å². The molecule has 5 rings (SSSR count). The van der Waals surface area contributed by atoms with Crippen molar-refractivity contribution in [1.82, 2.24) is 24.3 Å². The third kappa shape index (κ3) is 4.13. The monoisotopic (exact) mass is 509 g/mol. The summed E-state index contributed by atoms with van der Waals surface area (Å²) >= 11 is 0. The lowest BCUT2D eigenvalue weighted by Crippen LogP contribution is -2.45. The van der Waals surface area contributed by atoms with Gasteiger partial charge in [-0.3, -0.25) is 4.40 Å². The van der Waals surface area contributed by atoms with Crippen LogP contribution in [0.4, 0.5) is 4.79 Å². The normalized spacial score (nSPS) is 19.2. The van der Waals surface area contributed by atoms with E-state index in [0.717, 1.165) is 11.9 Å². The molecule has 0 bridgehead atoms. The van der Waals surface area contributed by atoms with Crippen LogP contribution in [-0.2, 0) is 14.6 Å². The van der Waals surface area contributed by atoms with Crippen LogP contribution >= 0.6 is 0 Å². The van der Waals surface area contributed by atoms with Crippen LogP contribution in [0.2, 0.25) is 0 Å². The van der Waals surface area contributed by atoms with Gasteiger partial charge in [-0.05, 0) is 57.7 Å². The molecule has 4 heterocycles. The zero-order chi connectivity index (χ0) is 25.8. The molecule has 1 aliphatic heterocycles. The van der Waals surface area contributed by atoms with Gasteiger partial charge in [0.2, 0.25) is 9.84 Å². The quantitative estimate of drug-likeness (QED) is 0.428. The van der Waals surface area contributed by atoms with Crippen LogP contribution in [0, 0.1) is 12.8 Å². The second-order valence-electron chi connectivity index (χ2n) is 10.5. The highest BCUT2D eigenvalue weighted by atomic mass is 32.2. The summed E-state index contributed by atoms with van der Waals surface area (Å²) < 4.78 is 35.2. The minimum absolute atomic E-state index is 0.0241. The number of benzene rings is 1. The molecule has 1 N–H and O–H groups in total. The van der Waals surface area contributed by atoms with E-state index in [4.69, 9.17) is 9.72 Å². The van der Waals surface area contributed by atoms with E-state index in [-0.39, 0.29) is 27.9 Å². The summed E-state index contributed by atoms with van der Waals surface area (Å²) in [6.07, 6.45) is 3.70. The Labute approximate surface area is 210 Å². The van der Waals surface area contributed by atoms with Crippen LogP contribution < -0.4 is 0 Å². The average molecular weight is 510 g/mol. The maximum absolute atomic E-state index is 13.9. The Morgan fingerprint density at radius 2 is 1.92 bits per heavy atom. The Hall–Kier alpha value is -3.40. The minimum atomic E-state index is -3.92. The number of carbonyl (C=O) groups excluding carboxylic acids is 1. The van der Waals surface area contributed by atoms with Crippen LogP contribution in [0.25, 0.3) is 16.7 Å². The first kappa shape index (κ1) is 24.3. The molecular formula is C26H31N5O4S. The molecule has 3 aromatic heterocycles. The lowest BCUT2D eigenvalue weighted by Gasteiger charge is -2.37. The second-order valence-corrected chi connectivity index (χ2v) is 12.4. The number of hydrogen-bond acceptors (Lipinski definition) is 6. The number of H-pyrrole nitrogens is 1. The molecule has 1 saturated heterocycles. The molecule has 1 aromatic carbocycles. The third-order valence-corrected chi connectivity index (χ3v) is 8.59. The van der Waals surface area contributed by atoms with Gasteiger partial charge in [-0.2, -0.15) is 0 Å². The molecule has 0 radical (unpaired) electrons. The highest BCUT2D eigenvalue weighted by Gasteiger charge is 2.37. The number of rotatable bonds is 3. The molecule has 10 heteroatoms. The molecule has 190 valence electrons. The topological polar surface area (TPSA) is 110 Å². The molecule has 0 unspecified atom stereocenters. The Morgan fingerprint density at radius 3 is 2.64 bits per heavy atom. The van der Waals surface area contributed by atoms with Gasteiger partial charge in [0.05, 0.1) is 16.6 Å². The Morgan fingerprint density at radius 1 is 1.17 bits per heavy atom. The van der Waals surface area contributed by atoms with Gasteiger partial charge in [-0.15, -0.1) is 0 Å². The van der Waals surface area contributed by atoms with Gasteiger partial charge < -0.3 is 14.6 Å². The van der Waals surface area contributed by atoms with Crippen molar-refractivity contribution in [3.8, 4) is 0 Å². The number of nitrogens with one attached hydrogen (secondary N) is 1. The van der Waals surface area contributed by atoms with Crippen molar-refractivity contribution in [1.29, 1.82) is 0 Å². The SMILES string of the molecule is Cc1ccccc1S(=O)(=O)c1nc([C@H]2CN(C(=O)OC(C)(C)C)CC[C@H]2C)n2c1cnc1[nH]ccc12. The summed E-state index contributed by atoms with van der Waals surface area (Å²) in [4.78, 5) is 27.2. The number of imidazole rings is 1. The van der Waals surface area contributed by atoms with Crippen LogP contribution in [0.5, 0.6) is 0 Å². The number of hydrogen-bond donors (Lipinski definition) is 1. The third-order valence-electron chi connectivity index (χ3n) is 6.75. The zero-order valence-electron chi connectivity index (χ0n) is 21.1. The number of ether oxygens (including phenoxy) is 1. The van der Waals surface area contributed by atoms with Crippen molar-refractivity contribution >= 4 is 32.6 Å². The van der Waals surface area contributed by atoms with Gasteiger partial charge in [0.25, 0.3) is 0 Å². The molecule has 0 aliphatic carbocycles. The van der Waals surface area contributed by atoms with Gasteiger partial charge in [0.15, 0.2) is 10.7 Å². The maximum Gasteiger partial charge on any atom is 0.410 e. The molecule has 4 aromatic rings. The molecule has 1 amide bonds. The number of amides is 1. The number of aryl methyl sites for hydroxylation is 1. The number of aromatic amines is 1. The number of likely N-dealkylation sites (tertiary alicyclic amines) is 1. The van der Waals surface area contributed by atoms with Crippen molar-refractivity contribution < 1.29 is 17.9 Å². The fourth-order valence-corrected chi connectivity index (χ4v) is 6.46. The summed E-state index contributed by atoms with van der Waals surface area (Å²) in [5.41, 5.74) is 1.84. The van der Waals surface area contributed by atoms with E-state index < -0.39 is 15.4 Å².